The molecule has 2 nitrogen and oxygen atoms in total. The zero-order valence-corrected chi connectivity index (χ0v) is 25.6. The molecule has 0 unspecified atom stereocenters. The Kier molecular flexibility index (Phi) is 6.17. The first-order valence-electron chi connectivity index (χ1n) is 16.0. The van der Waals surface area contributed by atoms with Crippen LogP contribution in [-0.2, 0) is 0 Å². The average Bonchev–Trinajstić information content (AvgIpc) is 3.12. The number of aryl methyl sites for hydroxylation is 1. The topological polar surface area (TPSA) is 6.48 Å². The van der Waals surface area contributed by atoms with Crippen molar-refractivity contribution in [2.75, 3.05) is 9.80 Å². The molecule has 0 spiro atoms. The number of rotatable bonds is 4. The van der Waals surface area contributed by atoms with Gasteiger partial charge in [0.15, 0.2) is 0 Å². The van der Waals surface area contributed by atoms with Crippen molar-refractivity contribution in [2.45, 2.75) is 6.92 Å². The molecule has 7 aromatic rings. The fraction of sp³-hybridized carbons (Fsp3) is 0.0233. The third-order valence-electron chi connectivity index (χ3n) is 9.53. The van der Waals surface area contributed by atoms with Crippen LogP contribution in [0.25, 0.3) is 22.3 Å². The van der Waals surface area contributed by atoms with Crippen molar-refractivity contribution in [2.24, 2.45) is 0 Å². The fourth-order valence-electron chi connectivity index (χ4n) is 7.38. The van der Waals surface area contributed by atoms with Gasteiger partial charge >= 0.3 is 0 Å². The summed E-state index contributed by atoms with van der Waals surface area (Å²) >= 11 is 0. The molecule has 0 amide bonds. The minimum absolute atomic E-state index is 0.0996. The van der Waals surface area contributed by atoms with Gasteiger partial charge in [0.2, 0.25) is 0 Å². The summed E-state index contributed by atoms with van der Waals surface area (Å²) in [6.45, 7) is 2.25. The van der Waals surface area contributed by atoms with Crippen LogP contribution in [0.3, 0.4) is 0 Å². The van der Waals surface area contributed by atoms with Crippen LogP contribution < -0.4 is 26.2 Å². The number of hydrogen-bond donors (Lipinski definition) is 0. The van der Waals surface area contributed by atoms with Crippen molar-refractivity contribution in [3.8, 4) is 22.3 Å². The predicted molar refractivity (Wildman–Crippen MR) is 196 cm³/mol. The van der Waals surface area contributed by atoms with Crippen molar-refractivity contribution < 1.29 is 0 Å². The highest BCUT2D eigenvalue weighted by atomic mass is 15.2. The summed E-state index contributed by atoms with van der Waals surface area (Å²) in [5, 5.41) is 0. The molecule has 0 fully saturated rings. The van der Waals surface area contributed by atoms with E-state index in [9.17, 15) is 0 Å². The summed E-state index contributed by atoms with van der Waals surface area (Å²) in [5.41, 5.74) is 17.4. The lowest BCUT2D eigenvalue weighted by Gasteiger charge is -2.44. The second kappa shape index (κ2) is 10.7. The van der Waals surface area contributed by atoms with E-state index in [1.54, 1.807) is 0 Å². The van der Waals surface area contributed by atoms with Gasteiger partial charge in [-0.15, -0.1) is 0 Å². The molecule has 0 N–H and O–H groups in total. The van der Waals surface area contributed by atoms with E-state index in [1.165, 1.54) is 72.6 Å². The van der Waals surface area contributed by atoms with Crippen LogP contribution in [0, 0.1) is 6.92 Å². The normalized spacial score (nSPS) is 12.8. The van der Waals surface area contributed by atoms with Crippen LogP contribution in [0.2, 0.25) is 0 Å². The van der Waals surface area contributed by atoms with Crippen molar-refractivity contribution >= 4 is 57.2 Å². The lowest BCUT2D eigenvalue weighted by molar-refractivity contribution is 1.25. The van der Waals surface area contributed by atoms with E-state index in [0.29, 0.717) is 0 Å². The average molecular weight is 587 g/mol. The quantitative estimate of drug-likeness (QED) is 0.190. The number of benzene rings is 7. The zero-order chi connectivity index (χ0) is 30.6. The number of hydrogen-bond acceptors (Lipinski definition) is 2. The van der Waals surface area contributed by atoms with E-state index in [-0.39, 0.29) is 6.71 Å². The van der Waals surface area contributed by atoms with E-state index in [0.717, 1.165) is 5.69 Å². The SMILES string of the molecule is Cc1ccc(-c2ccc3c(c2)B2c4ccccc4N(c4ccccc4)c4cccc(c42)N3c2ccc(-c3ccccc3)cc2)cc1. The zero-order valence-electron chi connectivity index (χ0n) is 25.6. The highest BCUT2D eigenvalue weighted by Crippen LogP contribution is 2.44. The monoisotopic (exact) mass is 586 g/mol. The van der Waals surface area contributed by atoms with Gasteiger partial charge in [0.25, 0.3) is 6.71 Å². The number of anilines is 6. The maximum Gasteiger partial charge on any atom is 0.252 e. The van der Waals surface area contributed by atoms with Gasteiger partial charge < -0.3 is 9.80 Å². The van der Waals surface area contributed by atoms with Gasteiger partial charge in [0, 0.05) is 34.1 Å². The number of fused-ring (bicyclic) bond motifs is 4. The molecule has 0 atom stereocenters. The molecule has 2 aliphatic rings. The molecule has 9 rings (SSSR count). The van der Waals surface area contributed by atoms with Crippen molar-refractivity contribution in [3.63, 3.8) is 0 Å². The fourth-order valence-corrected chi connectivity index (χ4v) is 7.38. The molecular formula is C43H31BN2. The van der Waals surface area contributed by atoms with Gasteiger partial charge in [-0.3, -0.25) is 0 Å². The van der Waals surface area contributed by atoms with E-state index >= 15 is 0 Å². The lowest BCUT2D eigenvalue weighted by atomic mass is 9.33. The minimum Gasteiger partial charge on any atom is -0.311 e. The number of nitrogens with zero attached hydrogens (tertiary/aromatic N) is 2. The Morgan fingerprint density at radius 2 is 0.870 bits per heavy atom. The van der Waals surface area contributed by atoms with Crippen molar-refractivity contribution in [1.82, 2.24) is 0 Å². The summed E-state index contributed by atoms with van der Waals surface area (Å²) in [4.78, 5) is 4.91. The summed E-state index contributed by atoms with van der Waals surface area (Å²) in [7, 11) is 0. The summed E-state index contributed by atoms with van der Waals surface area (Å²) in [6.07, 6.45) is 0. The van der Waals surface area contributed by atoms with Crippen LogP contribution in [0.15, 0.2) is 170 Å². The first-order valence-corrected chi connectivity index (χ1v) is 16.0. The molecule has 2 heterocycles. The lowest BCUT2D eigenvalue weighted by Crippen LogP contribution is -2.61. The van der Waals surface area contributed by atoms with Gasteiger partial charge in [0.1, 0.15) is 0 Å². The minimum atomic E-state index is 0.0996. The third-order valence-corrected chi connectivity index (χ3v) is 9.53. The molecule has 0 saturated heterocycles. The Bertz CT molecular complexity index is 2210. The Hall–Kier alpha value is -5.80. The predicted octanol–water partition coefficient (Wildman–Crippen LogP) is 9.41. The van der Waals surface area contributed by atoms with Gasteiger partial charge in [0.05, 0.1) is 0 Å². The van der Waals surface area contributed by atoms with Gasteiger partial charge in [-0.25, -0.2) is 0 Å². The summed E-state index contributed by atoms with van der Waals surface area (Å²) in [6, 6.07) is 62.1. The molecule has 216 valence electrons. The molecule has 0 bridgehead atoms. The first-order chi connectivity index (χ1) is 22.7. The van der Waals surface area contributed by atoms with E-state index in [2.05, 4.69) is 187 Å². The molecule has 0 aromatic heterocycles. The Labute approximate surface area is 270 Å². The molecule has 3 heteroatoms. The van der Waals surface area contributed by atoms with E-state index in [4.69, 9.17) is 0 Å². The van der Waals surface area contributed by atoms with Gasteiger partial charge in [-0.2, -0.15) is 0 Å². The molecule has 0 radical (unpaired) electrons. The maximum atomic E-state index is 2.47. The Morgan fingerprint density at radius 1 is 0.370 bits per heavy atom. The smallest absolute Gasteiger partial charge is 0.252 e. The van der Waals surface area contributed by atoms with E-state index < -0.39 is 0 Å². The molecule has 7 aromatic carbocycles. The second-order valence-corrected chi connectivity index (χ2v) is 12.3. The number of para-hydroxylation sites is 2. The standard InChI is InChI=1S/C43H31BN2/c1-30-19-21-33(22-20-30)34-25-28-40-38(29-34)44-37-15-8-9-16-39(37)45(35-13-6-3-7-14-35)41-17-10-18-42(43(41)44)46(40)36-26-23-32(24-27-36)31-11-4-2-5-12-31/h2-29H,1H3. The molecule has 0 saturated carbocycles. The Morgan fingerprint density at radius 3 is 1.59 bits per heavy atom. The van der Waals surface area contributed by atoms with Gasteiger partial charge in [-0.05, 0) is 94.1 Å². The van der Waals surface area contributed by atoms with Crippen LogP contribution in [0.5, 0.6) is 0 Å². The molecule has 2 aliphatic heterocycles. The van der Waals surface area contributed by atoms with Crippen LogP contribution >= 0.6 is 0 Å². The summed E-state index contributed by atoms with van der Waals surface area (Å²) in [5.74, 6) is 0. The van der Waals surface area contributed by atoms with Crippen LogP contribution in [0.4, 0.5) is 34.1 Å². The first kappa shape index (κ1) is 26.6. The summed E-state index contributed by atoms with van der Waals surface area (Å²) < 4.78 is 0. The second-order valence-electron chi connectivity index (χ2n) is 12.3. The largest absolute Gasteiger partial charge is 0.311 e. The highest BCUT2D eigenvalue weighted by Gasteiger charge is 2.43. The third kappa shape index (κ3) is 4.20. The Balaban J connectivity index is 1.30. The van der Waals surface area contributed by atoms with E-state index in [1.807, 2.05) is 0 Å². The van der Waals surface area contributed by atoms with Gasteiger partial charge in [-0.1, -0.05) is 127 Å². The molecular weight excluding hydrogens is 555 g/mol. The maximum absolute atomic E-state index is 2.47. The molecule has 46 heavy (non-hydrogen) atoms. The molecule has 0 aliphatic carbocycles. The van der Waals surface area contributed by atoms with Crippen molar-refractivity contribution in [3.05, 3.63) is 175 Å². The van der Waals surface area contributed by atoms with Crippen molar-refractivity contribution in [1.29, 1.82) is 0 Å². The van der Waals surface area contributed by atoms with Crippen LogP contribution in [-0.4, -0.2) is 6.71 Å². The highest BCUT2D eigenvalue weighted by molar-refractivity contribution is 7.00. The van der Waals surface area contributed by atoms with Crippen LogP contribution in [0.1, 0.15) is 5.56 Å².